The van der Waals surface area contributed by atoms with E-state index < -0.39 is 11.2 Å². The molecule has 0 fully saturated rings. The average Bonchev–Trinajstić information content (AvgIpc) is 2.12. The number of ketones is 1. The Labute approximate surface area is 74.8 Å². The molecule has 0 radical (unpaired) electrons. The van der Waals surface area contributed by atoms with Crippen LogP contribution in [0.3, 0.4) is 0 Å². The van der Waals surface area contributed by atoms with Crippen LogP contribution in [0.15, 0.2) is 15.5 Å². The maximum atomic E-state index is 11.3. The van der Waals surface area contributed by atoms with Crippen molar-refractivity contribution in [3.8, 4) is 5.75 Å². The van der Waals surface area contributed by atoms with Crippen LogP contribution in [0.2, 0.25) is 0 Å². The van der Waals surface area contributed by atoms with E-state index in [2.05, 4.69) is 0 Å². The van der Waals surface area contributed by atoms with Crippen molar-refractivity contribution >= 4 is 5.78 Å². The first kappa shape index (κ1) is 9.51. The number of aromatic hydroxyl groups is 1. The zero-order valence-electron chi connectivity index (χ0n) is 7.46. The highest BCUT2D eigenvalue weighted by Gasteiger charge is 2.15. The first-order chi connectivity index (χ1) is 6.07. The Bertz CT molecular complexity index is 389. The Morgan fingerprint density at radius 3 is 2.77 bits per heavy atom. The lowest BCUT2D eigenvalue weighted by atomic mass is 10.1. The normalized spacial score (nSPS) is 10.0. The summed E-state index contributed by atoms with van der Waals surface area (Å²) in [7, 11) is 0. The maximum absolute atomic E-state index is 11.3. The van der Waals surface area contributed by atoms with E-state index in [4.69, 9.17) is 9.52 Å². The molecule has 1 rings (SSSR count). The number of carbonyl (C=O) groups excluding carboxylic acids is 1. The van der Waals surface area contributed by atoms with E-state index in [0.717, 1.165) is 6.26 Å². The highest BCUT2D eigenvalue weighted by molar-refractivity contribution is 5.96. The number of aryl methyl sites for hydroxylation is 1. The Kier molecular flexibility index (Phi) is 2.51. The molecular weight excluding hydrogens is 172 g/mol. The van der Waals surface area contributed by atoms with E-state index >= 15 is 0 Å². The van der Waals surface area contributed by atoms with Crippen molar-refractivity contribution in [1.82, 2.24) is 0 Å². The van der Waals surface area contributed by atoms with Crippen LogP contribution in [0.5, 0.6) is 5.75 Å². The van der Waals surface area contributed by atoms with E-state index in [1.807, 2.05) is 0 Å². The third-order valence-corrected chi connectivity index (χ3v) is 1.76. The second-order valence-corrected chi connectivity index (χ2v) is 2.66. The molecule has 0 atom stereocenters. The predicted molar refractivity (Wildman–Crippen MR) is 46.0 cm³/mol. The lowest BCUT2D eigenvalue weighted by molar-refractivity contribution is 0.0983. The number of Topliss-reactive ketones (excluding diaryl/α,β-unsaturated/α-hetero) is 1. The molecule has 13 heavy (non-hydrogen) atoms. The molecule has 4 nitrogen and oxygen atoms in total. The molecule has 0 bridgehead atoms. The van der Waals surface area contributed by atoms with Gasteiger partial charge in [-0.1, -0.05) is 6.92 Å². The van der Waals surface area contributed by atoms with Crippen LogP contribution in [0.4, 0.5) is 0 Å². The molecule has 0 saturated carbocycles. The molecule has 0 aliphatic heterocycles. The maximum Gasteiger partial charge on any atom is 0.237 e. The first-order valence-corrected chi connectivity index (χ1v) is 3.92. The minimum Gasteiger partial charge on any atom is -0.502 e. The van der Waals surface area contributed by atoms with Gasteiger partial charge in [0.25, 0.3) is 0 Å². The van der Waals surface area contributed by atoms with E-state index in [9.17, 15) is 9.59 Å². The molecule has 0 saturated heterocycles. The molecule has 0 aliphatic carbocycles. The summed E-state index contributed by atoms with van der Waals surface area (Å²) in [5.41, 5.74) is -0.710. The zero-order chi connectivity index (χ0) is 10.0. The Morgan fingerprint density at radius 1 is 1.62 bits per heavy atom. The standard InChI is InChI=1S/C9H10O4/c1-3-6(10)8-5(2)13-4-7(11)9(8)12/h4,11H,3H2,1-2H3. The molecule has 70 valence electrons. The molecule has 1 heterocycles. The van der Waals surface area contributed by atoms with Gasteiger partial charge >= 0.3 is 0 Å². The van der Waals surface area contributed by atoms with Crippen molar-refractivity contribution in [3.63, 3.8) is 0 Å². The van der Waals surface area contributed by atoms with Gasteiger partial charge in [0.15, 0.2) is 11.5 Å². The molecule has 0 amide bonds. The van der Waals surface area contributed by atoms with Crippen molar-refractivity contribution in [2.24, 2.45) is 0 Å². The molecule has 4 heteroatoms. The van der Waals surface area contributed by atoms with E-state index in [-0.39, 0.29) is 23.5 Å². The Balaban J connectivity index is 3.43. The average molecular weight is 182 g/mol. The summed E-state index contributed by atoms with van der Waals surface area (Å²) in [5, 5.41) is 9.01. The minimum absolute atomic E-state index is 0.0532. The Hall–Kier alpha value is -1.58. The molecule has 1 aromatic heterocycles. The van der Waals surface area contributed by atoms with Gasteiger partial charge in [-0.15, -0.1) is 0 Å². The molecule has 1 aromatic rings. The second-order valence-electron chi connectivity index (χ2n) is 2.66. The van der Waals surface area contributed by atoms with Crippen LogP contribution >= 0.6 is 0 Å². The van der Waals surface area contributed by atoms with Gasteiger partial charge in [-0.2, -0.15) is 0 Å². The SMILES string of the molecule is CCC(=O)c1c(C)occ(O)c1=O. The summed E-state index contributed by atoms with van der Waals surface area (Å²) in [6.45, 7) is 3.16. The monoisotopic (exact) mass is 182 g/mol. The van der Waals surface area contributed by atoms with Crippen LogP contribution in [0, 0.1) is 6.92 Å². The fraction of sp³-hybridized carbons (Fsp3) is 0.333. The highest BCUT2D eigenvalue weighted by atomic mass is 16.4. The van der Waals surface area contributed by atoms with Crippen LogP contribution in [-0.2, 0) is 0 Å². The molecule has 0 unspecified atom stereocenters. The Morgan fingerprint density at radius 2 is 2.23 bits per heavy atom. The fourth-order valence-corrected chi connectivity index (χ4v) is 1.04. The van der Waals surface area contributed by atoms with Gasteiger partial charge in [-0.3, -0.25) is 9.59 Å². The van der Waals surface area contributed by atoms with Crippen molar-refractivity contribution in [2.75, 3.05) is 0 Å². The van der Waals surface area contributed by atoms with Crippen LogP contribution in [-0.4, -0.2) is 10.9 Å². The molecule has 0 spiro atoms. The summed E-state index contributed by atoms with van der Waals surface area (Å²) in [5.74, 6) is -0.598. The van der Waals surface area contributed by atoms with Gasteiger partial charge in [0.1, 0.15) is 17.6 Å². The summed E-state index contributed by atoms with van der Waals surface area (Å²) in [4.78, 5) is 22.5. The summed E-state index contributed by atoms with van der Waals surface area (Å²) < 4.78 is 4.82. The second kappa shape index (κ2) is 3.43. The smallest absolute Gasteiger partial charge is 0.237 e. The largest absolute Gasteiger partial charge is 0.502 e. The van der Waals surface area contributed by atoms with Gasteiger partial charge in [0.05, 0.1) is 0 Å². The van der Waals surface area contributed by atoms with Crippen molar-refractivity contribution in [1.29, 1.82) is 0 Å². The first-order valence-electron chi connectivity index (χ1n) is 3.92. The van der Waals surface area contributed by atoms with Crippen LogP contribution < -0.4 is 5.43 Å². The molecule has 0 aromatic carbocycles. The summed E-state index contributed by atoms with van der Waals surface area (Å²) in [6.07, 6.45) is 1.15. The predicted octanol–water partition coefficient (Wildman–Crippen LogP) is 1.25. The lowest BCUT2D eigenvalue weighted by Crippen LogP contribution is -2.15. The molecule has 1 N–H and O–H groups in total. The summed E-state index contributed by atoms with van der Waals surface area (Å²) >= 11 is 0. The number of hydrogen-bond acceptors (Lipinski definition) is 4. The minimum atomic E-state index is -0.657. The summed E-state index contributed by atoms with van der Waals surface area (Å²) in [6, 6.07) is 0. The number of rotatable bonds is 2. The third-order valence-electron chi connectivity index (χ3n) is 1.76. The molecular formula is C9H10O4. The number of carbonyl (C=O) groups is 1. The van der Waals surface area contributed by atoms with Crippen molar-refractivity contribution in [2.45, 2.75) is 20.3 Å². The fourth-order valence-electron chi connectivity index (χ4n) is 1.04. The third kappa shape index (κ3) is 1.61. The van der Waals surface area contributed by atoms with E-state index in [1.165, 1.54) is 6.92 Å². The van der Waals surface area contributed by atoms with E-state index in [1.54, 1.807) is 6.92 Å². The number of hydrogen-bond donors (Lipinski definition) is 1. The van der Waals surface area contributed by atoms with Gasteiger partial charge in [0.2, 0.25) is 5.43 Å². The topological polar surface area (TPSA) is 67.5 Å². The zero-order valence-corrected chi connectivity index (χ0v) is 7.46. The van der Waals surface area contributed by atoms with Crippen molar-refractivity contribution in [3.05, 3.63) is 27.8 Å². The highest BCUT2D eigenvalue weighted by Crippen LogP contribution is 2.10. The quantitative estimate of drug-likeness (QED) is 0.699. The molecule has 0 aliphatic rings. The van der Waals surface area contributed by atoms with Crippen LogP contribution in [0.1, 0.15) is 29.5 Å². The van der Waals surface area contributed by atoms with Gasteiger partial charge < -0.3 is 9.52 Å². The lowest BCUT2D eigenvalue weighted by Gasteiger charge is -2.00. The van der Waals surface area contributed by atoms with Crippen LogP contribution in [0.25, 0.3) is 0 Å². The van der Waals surface area contributed by atoms with E-state index in [0.29, 0.717) is 0 Å². The van der Waals surface area contributed by atoms with Gasteiger partial charge in [-0.25, -0.2) is 0 Å². The van der Waals surface area contributed by atoms with Gasteiger partial charge in [-0.05, 0) is 6.92 Å². The van der Waals surface area contributed by atoms with Crippen molar-refractivity contribution < 1.29 is 14.3 Å². The van der Waals surface area contributed by atoms with Gasteiger partial charge in [0, 0.05) is 6.42 Å².